The van der Waals surface area contributed by atoms with Crippen molar-refractivity contribution < 1.29 is 14.7 Å². The molecule has 0 aliphatic carbocycles. The lowest BCUT2D eigenvalue weighted by molar-refractivity contribution is -0.129. The van der Waals surface area contributed by atoms with E-state index in [0.29, 0.717) is 19.0 Å². The third kappa shape index (κ3) is 2.42. The Morgan fingerprint density at radius 3 is 2.88 bits per heavy atom. The zero-order chi connectivity index (χ0) is 12.4. The molecule has 2 aliphatic heterocycles. The number of hydrogen-bond donors (Lipinski definition) is 2. The lowest BCUT2D eigenvalue weighted by Gasteiger charge is -2.25. The molecule has 0 aromatic rings. The molecule has 96 valence electrons. The largest absolute Gasteiger partial charge is 0.395 e. The Labute approximate surface area is 101 Å². The highest BCUT2D eigenvalue weighted by Crippen LogP contribution is 2.23. The van der Waals surface area contributed by atoms with E-state index in [4.69, 9.17) is 0 Å². The molecule has 0 radical (unpaired) electrons. The van der Waals surface area contributed by atoms with Crippen molar-refractivity contribution >= 4 is 11.9 Å². The van der Waals surface area contributed by atoms with Gasteiger partial charge in [0.05, 0.1) is 13.2 Å². The summed E-state index contributed by atoms with van der Waals surface area (Å²) in [6, 6.07) is -0.257. The van der Waals surface area contributed by atoms with Crippen molar-refractivity contribution in [3.05, 3.63) is 0 Å². The minimum atomic E-state index is -0.303. The van der Waals surface area contributed by atoms with Gasteiger partial charge in [-0.1, -0.05) is 6.92 Å². The fraction of sp³-hybridized carbons (Fsp3) is 0.818. The first kappa shape index (κ1) is 12.3. The number of rotatable bonds is 3. The Morgan fingerprint density at radius 2 is 2.29 bits per heavy atom. The third-order valence-electron chi connectivity index (χ3n) is 3.68. The van der Waals surface area contributed by atoms with Gasteiger partial charge in [-0.15, -0.1) is 0 Å². The molecule has 2 fully saturated rings. The number of likely N-dealkylation sites (tertiary alicyclic amines) is 1. The number of imide groups is 1. The summed E-state index contributed by atoms with van der Waals surface area (Å²) in [6.45, 7) is 4.17. The molecule has 17 heavy (non-hydrogen) atoms. The van der Waals surface area contributed by atoms with Crippen molar-refractivity contribution in [1.29, 1.82) is 0 Å². The molecule has 0 saturated carbocycles. The number of amides is 3. The predicted molar refractivity (Wildman–Crippen MR) is 61.3 cm³/mol. The molecule has 2 unspecified atom stereocenters. The van der Waals surface area contributed by atoms with Crippen molar-refractivity contribution in [3.63, 3.8) is 0 Å². The number of aliphatic hydroxyl groups excluding tert-OH is 1. The van der Waals surface area contributed by atoms with Gasteiger partial charge < -0.3 is 10.4 Å². The van der Waals surface area contributed by atoms with Crippen molar-refractivity contribution in [2.24, 2.45) is 5.92 Å². The minimum Gasteiger partial charge on any atom is -0.395 e. The van der Waals surface area contributed by atoms with Crippen LogP contribution in [0.2, 0.25) is 0 Å². The highest BCUT2D eigenvalue weighted by molar-refractivity contribution is 5.96. The monoisotopic (exact) mass is 241 g/mol. The van der Waals surface area contributed by atoms with Crippen LogP contribution in [0.1, 0.15) is 13.3 Å². The van der Waals surface area contributed by atoms with Crippen molar-refractivity contribution in [1.82, 2.24) is 15.1 Å². The van der Waals surface area contributed by atoms with Gasteiger partial charge in [0, 0.05) is 19.1 Å². The van der Waals surface area contributed by atoms with Crippen LogP contribution in [0.25, 0.3) is 0 Å². The van der Waals surface area contributed by atoms with E-state index in [1.807, 2.05) is 4.90 Å². The average molecular weight is 241 g/mol. The Morgan fingerprint density at radius 1 is 1.53 bits per heavy atom. The molecule has 0 bridgehead atoms. The van der Waals surface area contributed by atoms with E-state index in [1.165, 1.54) is 4.90 Å². The van der Waals surface area contributed by atoms with Gasteiger partial charge >= 0.3 is 6.03 Å². The first-order valence-electron chi connectivity index (χ1n) is 6.06. The number of nitrogens with one attached hydrogen (secondary N) is 1. The van der Waals surface area contributed by atoms with Gasteiger partial charge in [0.1, 0.15) is 0 Å². The minimum absolute atomic E-state index is 0.0459. The summed E-state index contributed by atoms with van der Waals surface area (Å²) < 4.78 is 0. The zero-order valence-corrected chi connectivity index (χ0v) is 10.1. The topological polar surface area (TPSA) is 72.9 Å². The van der Waals surface area contributed by atoms with Crippen molar-refractivity contribution in [3.8, 4) is 0 Å². The van der Waals surface area contributed by atoms with Crippen LogP contribution in [0, 0.1) is 5.92 Å². The van der Waals surface area contributed by atoms with E-state index >= 15 is 0 Å². The predicted octanol–water partition coefficient (Wildman–Crippen LogP) is -0.759. The zero-order valence-electron chi connectivity index (χ0n) is 10.1. The summed E-state index contributed by atoms with van der Waals surface area (Å²) in [7, 11) is 0. The Bertz CT molecular complexity index is 321. The number of hydrogen-bond acceptors (Lipinski definition) is 4. The van der Waals surface area contributed by atoms with Gasteiger partial charge in [-0.3, -0.25) is 14.6 Å². The lowest BCUT2D eigenvalue weighted by Crippen LogP contribution is -2.45. The molecule has 2 heterocycles. The second-order valence-electron chi connectivity index (χ2n) is 4.76. The molecule has 2 aliphatic rings. The van der Waals surface area contributed by atoms with Crippen LogP contribution in [0.15, 0.2) is 0 Å². The van der Waals surface area contributed by atoms with Crippen molar-refractivity contribution in [2.45, 2.75) is 19.4 Å². The number of aliphatic hydroxyl groups is 1. The van der Waals surface area contributed by atoms with Gasteiger partial charge in [0.25, 0.3) is 0 Å². The SMILES string of the molecule is CC1CCN(CC(=O)N2CCNC2=O)C1CO. The standard InChI is InChI=1S/C11H19N3O3/c1-8-2-4-13(9(8)7-15)6-10(16)14-5-3-12-11(14)17/h8-9,15H,2-7H2,1H3,(H,12,17). The van der Waals surface area contributed by atoms with E-state index in [2.05, 4.69) is 12.2 Å². The molecule has 6 heteroatoms. The molecule has 2 rings (SSSR count). The maximum Gasteiger partial charge on any atom is 0.324 e. The van der Waals surface area contributed by atoms with Gasteiger partial charge in [0.2, 0.25) is 5.91 Å². The van der Waals surface area contributed by atoms with Crippen LogP contribution in [0.4, 0.5) is 4.79 Å². The number of nitrogens with zero attached hydrogens (tertiary/aromatic N) is 2. The quantitative estimate of drug-likeness (QED) is 0.681. The first-order valence-corrected chi connectivity index (χ1v) is 6.06. The van der Waals surface area contributed by atoms with E-state index in [0.717, 1.165) is 13.0 Å². The maximum absolute atomic E-state index is 11.9. The number of carbonyl (C=O) groups is 2. The van der Waals surface area contributed by atoms with Gasteiger partial charge in [-0.25, -0.2) is 4.79 Å². The summed E-state index contributed by atoms with van der Waals surface area (Å²) >= 11 is 0. The van der Waals surface area contributed by atoms with Crippen LogP contribution < -0.4 is 5.32 Å². The van der Waals surface area contributed by atoms with Crippen LogP contribution >= 0.6 is 0 Å². The number of urea groups is 1. The van der Waals surface area contributed by atoms with Crippen LogP contribution in [0.5, 0.6) is 0 Å². The Balaban J connectivity index is 1.92. The maximum atomic E-state index is 11.9. The molecule has 3 amide bonds. The highest BCUT2D eigenvalue weighted by Gasteiger charge is 2.34. The fourth-order valence-electron chi connectivity index (χ4n) is 2.55. The normalized spacial score (nSPS) is 29.8. The van der Waals surface area contributed by atoms with E-state index in [-0.39, 0.29) is 31.1 Å². The summed E-state index contributed by atoms with van der Waals surface area (Å²) in [6.07, 6.45) is 0.991. The second kappa shape index (κ2) is 5.01. The summed E-state index contributed by atoms with van der Waals surface area (Å²) in [5, 5.41) is 11.9. The molecule has 2 atom stereocenters. The molecule has 0 aromatic carbocycles. The molecular weight excluding hydrogens is 222 g/mol. The molecule has 2 N–H and O–H groups in total. The van der Waals surface area contributed by atoms with Crippen LogP contribution in [0.3, 0.4) is 0 Å². The van der Waals surface area contributed by atoms with Gasteiger partial charge in [-0.05, 0) is 18.9 Å². The fourth-order valence-corrected chi connectivity index (χ4v) is 2.55. The van der Waals surface area contributed by atoms with Crippen LogP contribution in [-0.4, -0.2) is 65.7 Å². The molecular formula is C11H19N3O3. The van der Waals surface area contributed by atoms with E-state index in [1.54, 1.807) is 0 Å². The molecule has 6 nitrogen and oxygen atoms in total. The van der Waals surface area contributed by atoms with Gasteiger partial charge in [-0.2, -0.15) is 0 Å². The van der Waals surface area contributed by atoms with E-state index < -0.39 is 0 Å². The highest BCUT2D eigenvalue weighted by atomic mass is 16.3. The number of carbonyl (C=O) groups excluding carboxylic acids is 2. The second-order valence-corrected chi connectivity index (χ2v) is 4.76. The van der Waals surface area contributed by atoms with Crippen LogP contribution in [-0.2, 0) is 4.79 Å². The average Bonchev–Trinajstić information content (AvgIpc) is 2.85. The summed E-state index contributed by atoms with van der Waals surface area (Å²) in [5.74, 6) is 0.229. The third-order valence-corrected chi connectivity index (χ3v) is 3.68. The van der Waals surface area contributed by atoms with Crippen molar-refractivity contribution in [2.75, 3.05) is 32.8 Å². The molecule has 0 spiro atoms. The summed E-state index contributed by atoms with van der Waals surface area (Å²) in [5.41, 5.74) is 0. The Kier molecular flexibility index (Phi) is 3.63. The summed E-state index contributed by atoms with van der Waals surface area (Å²) in [4.78, 5) is 26.5. The molecule has 2 saturated heterocycles. The first-order chi connectivity index (χ1) is 8.13. The smallest absolute Gasteiger partial charge is 0.324 e. The van der Waals surface area contributed by atoms with E-state index in [9.17, 15) is 14.7 Å². The molecule has 0 aromatic heterocycles. The lowest BCUT2D eigenvalue weighted by atomic mass is 10.0. The Hall–Kier alpha value is -1.14. The van der Waals surface area contributed by atoms with Gasteiger partial charge in [0.15, 0.2) is 0 Å².